The predicted octanol–water partition coefficient (Wildman–Crippen LogP) is 2.39. The van der Waals surface area contributed by atoms with E-state index in [9.17, 15) is 0 Å². The van der Waals surface area contributed by atoms with Crippen LogP contribution in [0.1, 0.15) is 38.5 Å². The van der Waals surface area contributed by atoms with Crippen LogP contribution in [0.15, 0.2) is 11.6 Å². The maximum absolute atomic E-state index is 5.58. The highest BCUT2D eigenvalue weighted by Gasteiger charge is 2.46. The van der Waals surface area contributed by atoms with Crippen LogP contribution < -0.4 is 5.32 Å². The second-order valence-electron chi connectivity index (χ2n) is 7.26. The molecule has 0 aromatic carbocycles. The Labute approximate surface area is 133 Å². The molecule has 3 saturated heterocycles. The fourth-order valence-corrected chi connectivity index (χ4v) is 5.55. The highest BCUT2D eigenvalue weighted by atomic mass is 32.1. The van der Waals surface area contributed by atoms with Crippen molar-refractivity contribution in [2.24, 2.45) is 11.8 Å². The third-order valence-electron chi connectivity index (χ3n) is 6.13. The zero-order valence-corrected chi connectivity index (χ0v) is 13.9. The van der Waals surface area contributed by atoms with Gasteiger partial charge in [-0.15, -0.1) is 0 Å². The Balaban J connectivity index is 1.64. The summed E-state index contributed by atoms with van der Waals surface area (Å²) in [5.41, 5.74) is 1.70. The molecule has 21 heavy (non-hydrogen) atoms. The summed E-state index contributed by atoms with van der Waals surface area (Å²) in [6.07, 6.45) is 10.9. The lowest BCUT2D eigenvalue weighted by Crippen LogP contribution is -2.60. The van der Waals surface area contributed by atoms with E-state index in [1.54, 1.807) is 5.57 Å². The molecular formula is C17H27N3S. The Morgan fingerprint density at radius 3 is 3.05 bits per heavy atom. The lowest BCUT2D eigenvalue weighted by molar-refractivity contribution is 0.0128. The number of nitrogens with zero attached hydrogens (tertiary/aromatic N) is 2. The van der Waals surface area contributed by atoms with Crippen LogP contribution in [0.4, 0.5) is 0 Å². The smallest absolute Gasteiger partial charge is 0.169 e. The fraction of sp³-hybridized carbons (Fsp3) is 0.824. The average Bonchev–Trinajstić information content (AvgIpc) is 2.53. The minimum absolute atomic E-state index is 0.581. The molecule has 0 unspecified atom stereocenters. The van der Waals surface area contributed by atoms with E-state index in [0.29, 0.717) is 6.04 Å². The first-order valence-corrected chi connectivity index (χ1v) is 9.11. The van der Waals surface area contributed by atoms with Crippen molar-refractivity contribution in [3.63, 3.8) is 0 Å². The van der Waals surface area contributed by atoms with Crippen molar-refractivity contribution in [1.29, 1.82) is 0 Å². The summed E-state index contributed by atoms with van der Waals surface area (Å²) in [5.74, 6) is 1.61. The van der Waals surface area contributed by atoms with E-state index in [2.05, 4.69) is 21.2 Å². The number of piperidine rings is 3. The molecule has 3 heterocycles. The highest BCUT2D eigenvalue weighted by Crippen LogP contribution is 2.44. The molecule has 4 rings (SSSR count). The maximum Gasteiger partial charge on any atom is 0.169 e. The molecule has 0 saturated carbocycles. The number of hydrogen-bond donors (Lipinski definition) is 1. The molecule has 1 N–H and O–H groups in total. The normalized spacial score (nSPS) is 39.1. The molecule has 4 heteroatoms. The first kappa shape index (κ1) is 14.0. The SMILES string of the molecule is CNC(=S)N1CCCC2=C[C@@H]3C[C@@H](CN4CCCC[C@H]34)[C@@H]21. The second kappa shape index (κ2) is 5.54. The van der Waals surface area contributed by atoms with Crippen LogP contribution in [0.2, 0.25) is 0 Å². The Hall–Kier alpha value is -0.610. The van der Waals surface area contributed by atoms with Crippen molar-refractivity contribution >= 4 is 17.3 Å². The molecule has 0 radical (unpaired) electrons. The van der Waals surface area contributed by atoms with Crippen molar-refractivity contribution in [2.75, 3.05) is 26.7 Å². The Morgan fingerprint density at radius 1 is 1.29 bits per heavy atom. The monoisotopic (exact) mass is 305 g/mol. The fourth-order valence-electron chi connectivity index (χ4n) is 5.34. The van der Waals surface area contributed by atoms with Gasteiger partial charge >= 0.3 is 0 Å². The number of fused-ring (bicyclic) bond motifs is 6. The van der Waals surface area contributed by atoms with Crippen LogP contribution in [0.5, 0.6) is 0 Å². The first-order chi connectivity index (χ1) is 10.3. The first-order valence-electron chi connectivity index (χ1n) is 8.71. The third-order valence-corrected chi connectivity index (χ3v) is 6.57. The van der Waals surface area contributed by atoms with Gasteiger partial charge in [-0.1, -0.05) is 18.1 Å². The second-order valence-corrected chi connectivity index (χ2v) is 7.64. The molecule has 4 atom stereocenters. The summed E-state index contributed by atoms with van der Waals surface area (Å²) in [6.45, 7) is 3.75. The van der Waals surface area contributed by atoms with E-state index in [0.717, 1.165) is 29.5 Å². The number of rotatable bonds is 0. The highest BCUT2D eigenvalue weighted by molar-refractivity contribution is 7.80. The van der Waals surface area contributed by atoms with Gasteiger partial charge in [-0.05, 0) is 62.7 Å². The maximum atomic E-state index is 5.58. The van der Waals surface area contributed by atoms with E-state index < -0.39 is 0 Å². The molecule has 0 spiro atoms. The molecular weight excluding hydrogens is 278 g/mol. The molecule has 0 aromatic heterocycles. The zero-order valence-electron chi connectivity index (χ0n) is 13.1. The molecule has 0 aromatic rings. The van der Waals surface area contributed by atoms with Gasteiger partial charge in [-0.25, -0.2) is 0 Å². The Bertz CT molecular complexity index is 461. The van der Waals surface area contributed by atoms with Crippen LogP contribution in [0.25, 0.3) is 0 Å². The summed E-state index contributed by atoms with van der Waals surface area (Å²) in [4.78, 5) is 5.28. The quantitative estimate of drug-likeness (QED) is 0.547. The van der Waals surface area contributed by atoms with E-state index in [4.69, 9.17) is 12.2 Å². The van der Waals surface area contributed by atoms with E-state index in [1.807, 2.05) is 7.05 Å². The summed E-state index contributed by atoms with van der Waals surface area (Å²) >= 11 is 5.58. The van der Waals surface area contributed by atoms with E-state index >= 15 is 0 Å². The van der Waals surface area contributed by atoms with Gasteiger partial charge in [-0.2, -0.15) is 0 Å². The lowest BCUT2D eigenvalue weighted by Gasteiger charge is -2.55. The topological polar surface area (TPSA) is 18.5 Å². The standard InChI is InChI=1S/C17H27N3S/c1-18-17(21)20-8-4-5-12-9-13-10-14(16(12)20)11-19-7-3-2-6-15(13)19/h9,13-16H,2-8,10-11H2,1H3,(H,18,21)/t13-,14+,15-,16-/m1/s1. The predicted molar refractivity (Wildman–Crippen MR) is 90.3 cm³/mol. The van der Waals surface area contributed by atoms with E-state index in [-0.39, 0.29) is 0 Å². The number of thiocarbonyl (C=S) groups is 1. The molecule has 0 amide bonds. The average molecular weight is 305 g/mol. The van der Waals surface area contributed by atoms with Gasteiger partial charge < -0.3 is 10.2 Å². The van der Waals surface area contributed by atoms with Crippen molar-refractivity contribution < 1.29 is 0 Å². The van der Waals surface area contributed by atoms with Crippen LogP contribution >= 0.6 is 12.2 Å². The zero-order chi connectivity index (χ0) is 14.4. The third kappa shape index (κ3) is 2.31. The van der Waals surface area contributed by atoms with E-state index in [1.165, 1.54) is 51.6 Å². The summed E-state index contributed by atoms with van der Waals surface area (Å²) < 4.78 is 0. The van der Waals surface area contributed by atoms with Crippen molar-refractivity contribution in [2.45, 2.75) is 50.6 Å². The Kier molecular flexibility index (Phi) is 3.70. The summed E-state index contributed by atoms with van der Waals surface area (Å²) in [7, 11) is 1.97. The van der Waals surface area contributed by atoms with Gasteiger partial charge in [0.15, 0.2) is 5.11 Å². The van der Waals surface area contributed by atoms with Crippen LogP contribution in [0.3, 0.4) is 0 Å². The summed E-state index contributed by atoms with van der Waals surface area (Å²) in [6, 6.07) is 1.42. The van der Waals surface area contributed by atoms with Gasteiger partial charge in [0.2, 0.25) is 0 Å². The van der Waals surface area contributed by atoms with Crippen LogP contribution in [-0.2, 0) is 0 Å². The minimum Gasteiger partial charge on any atom is -0.366 e. The largest absolute Gasteiger partial charge is 0.366 e. The van der Waals surface area contributed by atoms with Crippen molar-refractivity contribution in [3.05, 3.63) is 11.6 Å². The van der Waals surface area contributed by atoms with Gasteiger partial charge in [0.25, 0.3) is 0 Å². The van der Waals surface area contributed by atoms with Crippen LogP contribution in [-0.4, -0.2) is 53.7 Å². The lowest BCUT2D eigenvalue weighted by atomic mass is 9.68. The summed E-state index contributed by atoms with van der Waals surface area (Å²) in [5, 5.41) is 4.16. The molecule has 3 nitrogen and oxygen atoms in total. The van der Waals surface area contributed by atoms with Gasteiger partial charge in [-0.3, -0.25) is 4.90 Å². The molecule has 2 bridgehead atoms. The van der Waals surface area contributed by atoms with Gasteiger partial charge in [0, 0.05) is 26.2 Å². The molecule has 3 aliphatic heterocycles. The van der Waals surface area contributed by atoms with Gasteiger partial charge in [0.05, 0.1) is 6.04 Å². The minimum atomic E-state index is 0.581. The van der Waals surface area contributed by atoms with Crippen molar-refractivity contribution in [3.8, 4) is 0 Å². The molecule has 116 valence electrons. The van der Waals surface area contributed by atoms with Crippen LogP contribution in [0, 0.1) is 11.8 Å². The molecule has 3 fully saturated rings. The molecule has 4 aliphatic rings. The number of nitrogens with one attached hydrogen (secondary N) is 1. The molecule has 1 aliphatic carbocycles. The number of likely N-dealkylation sites (tertiary alicyclic amines) is 1. The van der Waals surface area contributed by atoms with Gasteiger partial charge in [0.1, 0.15) is 0 Å². The van der Waals surface area contributed by atoms with Crippen molar-refractivity contribution in [1.82, 2.24) is 15.1 Å². The Morgan fingerprint density at radius 2 is 2.19 bits per heavy atom. The number of hydrogen-bond acceptors (Lipinski definition) is 2.